The van der Waals surface area contributed by atoms with Crippen LogP contribution in [-0.2, 0) is 14.9 Å². The fourth-order valence-corrected chi connectivity index (χ4v) is 3.22. The fraction of sp³-hybridized carbons (Fsp3) is 0.118. The van der Waals surface area contributed by atoms with Crippen molar-refractivity contribution in [2.75, 3.05) is 19.5 Å². The second-order valence-corrected chi connectivity index (χ2v) is 7.16. The molecular formula is C17H16N2O5S. The Morgan fingerprint density at radius 3 is 2.44 bits per heavy atom. The summed E-state index contributed by atoms with van der Waals surface area (Å²) in [6.45, 7) is 0. The molecule has 0 bridgehead atoms. The molecule has 0 atom stereocenters. The SMILES string of the molecule is CON(C)S(=O)(=O)c1ccc(NC(=O)c2cc3ccccc3o2)cc1. The standard InChI is InChI=1S/C17H16N2O5S/c1-19(23-2)25(21,22)14-9-7-13(8-10-14)18-17(20)16-11-12-5-3-4-6-15(12)24-16/h3-11H,1-2H3,(H,18,20). The van der Waals surface area contributed by atoms with E-state index in [1.807, 2.05) is 18.2 Å². The molecule has 1 aromatic heterocycles. The van der Waals surface area contributed by atoms with Gasteiger partial charge >= 0.3 is 0 Å². The lowest BCUT2D eigenvalue weighted by atomic mass is 10.2. The number of rotatable bonds is 5. The molecular weight excluding hydrogens is 344 g/mol. The van der Waals surface area contributed by atoms with E-state index in [0.29, 0.717) is 11.3 Å². The van der Waals surface area contributed by atoms with Crippen LogP contribution < -0.4 is 5.32 Å². The van der Waals surface area contributed by atoms with Gasteiger partial charge in [-0.05, 0) is 36.4 Å². The largest absolute Gasteiger partial charge is 0.451 e. The summed E-state index contributed by atoms with van der Waals surface area (Å²) in [5.41, 5.74) is 1.07. The van der Waals surface area contributed by atoms with Crippen molar-refractivity contribution in [2.24, 2.45) is 0 Å². The minimum atomic E-state index is -3.72. The zero-order valence-corrected chi connectivity index (χ0v) is 14.4. The van der Waals surface area contributed by atoms with Crippen molar-refractivity contribution in [1.82, 2.24) is 4.47 Å². The maximum atomic E-state index is 12.3. The molecule has 0 unspecified atom stereocenters. The predicted molar refractivity (Wildman–Crippen MR) is 92.6 cm³/mol. The summed E-state index contributed by atoms with van der Waals surface area (Å²) in [7, 11) is -1.16. The topological polar surface area (TPSA) is 88.9 Å². The number of carbonyl (C=O) groups is 1. The van der Waals surface area contributed by atoms with Gasteiger partial charge in [-0.3, -0.25) is 9.63 Å². The highest BCUT2D eigenvalue weighted by molar-refractivity contribution is 7.89. The van der Waals surface area contributed by atoms with Gasteiger partial charge in [0.05, 0.1) is 12.0 Å². The molecule has 130 valence electrons. The van der Waals surface area contributed by atoms with E-state index in [2.05, 4.69) is 5.32 Å². The van der Waals surface area contributed by atoms with Crippen molar-refractivity contribution >= 4 is 32.6 Å². The van der Waals surface area contributed by atoms with Gasteiger partial charge in [0.15, 0.2) is 5.76 Å². The number of carbonyl (C=O) groups excluding carboxylic acids is 1. The number of nitrogens with zero attached hydrogens (tertiary/aromatic N) is 1. The number of anilines is 1. The summed E-state index contributed by atoms with van der Waals surface area (Å²) in [6.07, 6.45) is 0. The molecule has 7 nitrogen and oxygen atoms in total. The number of sulfonamides is 1. The first kappa shape index (κ1) is 17.2. The van der Waals surface area contributed by atoms with Crippen LogP contribution in [0.2, 0.25) is 0 Å². The second kappa shape index (κ2) is 6.67. The van der Waals surface area contributed by atoms with Gasteiger partial charge in [-0.1, -0.05) is 22.7 Å². The lowest BCUT2D eigenvalue weighted by Crippen LogP contribution is -2.25. The average molecular weight is 360 g/mol. The molecule has 3 rings (SSSR count). The molecule has 0 saturated carbocycles. The first-order valence-electron chi connectivity index (χ1n) is 7.35. The van der Waals surface area contributed by atoms with E-state index in [9.17, 15) is 13.2 Å². The zero-order valence-electron chi connectivity index (χ0n) is 13.6. The van der Waals surface area contributed by atoms with E-state index in [-0.39, 0.29) is 10.7 Å². The lowest BCUT2D eigenvalue weighted by Gasteiger charge is -2.14. The molecule has 1 amide bonds. The van der Waals surface area contributed by atoms with E-state index in [1.165, 1.54) is 38.4 Å². The van der Waals surface area contributed by atoms with E-state index >= 15 is 0 Å². The average Bonchev–Trinajstić information content (AvgIpc) is 3.05. The van der Waals surface area contributed by atoms with E-state index in [0.717, 1.165) is 9.85 Å². The number of fused-ring (bicyclic) bond motifs is 1. The van der Waals surface area contributed by atoms with Gasteiger partial charge in [-0.15, -0.1) is 0 Å². The van der Waals surface area contributed by atoms with Gasteiger partial charge in [0, 0.05) is 18.1 Å². The normalized spacial score (nSPS) is 11.8. The Morgan fingerprint density at radius 1 is 1.12 bits per heavy atom. The first-order chi connectivity index (χ1) is 11.9. The maximum Gasteiger partial charge on any atom is 0.291 e. The second-order valence-electron chi connectivity index (χ2n) is 5.22. The third-order valence-electron chi connectivity index (χ3n) is 3.65. The minimum Gasteiger partial charge on any atom is -0.451 e. The van der Waals surface area contributed by atoms with Crippen molar-refractivity contribution in [3.8, 4) is 0 Å². The number of benzene rings is 2. The number of hydrogen-bond donors (Lipinski definition) is 1. The molecule has 0 radical (unpaired) electrons. The maximum absolute atomic E-state index is 12.3. The number of amides is 1. The van der Waals surface area contributed by atoms with Gasteiger partial charge in [0.25, 0.3) is 15.9 Å². The Morgan fingerprint density at radius 2 is 1.80 bits per heavy atom. The molecule has 1 heterocycles. The van der Waals surface area contributed by atoms with Crippen molar-refractivity contribution in [3.63, 3.8) is 0 Å². The number of hydrogen-bond acceptors (Lipinski definition) is 5. The van der Waals surface area contributed by atoms with E-state index < -0.39 is 15.9 Å². The highest BCUT2D eigenvalue weighted by Crippen LogP contribution is 2.21. The van der Waals surface area contributed by atoms with Crippen LogP contribution >= 0.6 is 0 Å². The number of nitrogens with one attached hydrogen (secondary N) is 1. The molecule has 0 aliphatic rings. The van der Waals surface area contributed by atoms with Crippen LogP contribution in [0.15, 0.2) is 63.9 Å². The van der Waals surface area contributed by atoms with Crippen LogP contribution in [0.5, 0.6) is 0 Å². The number of para-hydroxylation sites is 1. The van der Waals surface area contributed by atoms with Crippen LogP contribution in [0.25, 0.3) is 11.0 Å². The lowest BCUT2D eigenvalue weighted by molar-refractivity contribution is -0.0258. The molecule has 3 aromatic rings. The molecule has 0 spiro atoms. The van der Waals surface area contributed by atoms with Crippen LogP contribution in [0.3, 0.4) is 0 Å². The molecule has 0 aliphatic carbocycles. The van der Waals surface area contributed by atoms with E-state index in [1.54, 1.807) is 12.1 Å². The summed E-state index contributed by atoms with van der Waals surface area (Å²) in [6, 6.07) is 14.7. The zero-order chi connectivity index (χ0) is 18.0. The Kier molecular flexibility index (Phi) is 4.58. The quantitative estimate of drug-likeness (QED) is 0.707. The van der Waals surface area contributed by atoms with Gasteiger partial charge in [-0.25, -0.2) is 8.42 Å². The van der Waals surface area contributed by atoms with Gasteiger partial charge in [0.1, 0.15) is 5.58 Å². The van der Waals surface area contributed by atoms with Gasteiger partial charge in [0.2, 0.25) is 0 Å². The predicted octanol–water partition coefficient (Wildman–Crippen LogP) is 2.87. The van der Waals surface area contributed by atoms with Crippen LogP contribution in [0, 0.1) is 0 Å². The number of hydroxylamine groups is 1. The van der Waals surface area contributed by atoms with Crippen LogP contribution in [0.4, 0.5) is 5.69 Å². The first-order valence-corrected chi connectivity index (χ1v) is 8.79. The molecule has 0 fully saturated rings. The third kappa shape index (κ3) is 3.41. The Balaban J connectivity index is 1.78. The van der Waals surface area contributed by atoms with E-state index in [4.69, 9.17) is 9.25 Å². The van der Waals surface area contributed by atoms with Crippen molar-refractivity contribution in [3.05, 3.63) is 60.4 Å². The van der Waals surface area contributed by atoms with Gasteiger partial charge < -0.3 is 9.73 Å². The molecule has 8 heteroatoms. The molecule has 0 saturated heterocycles. The van der Waals surface area contributed by atoms with Crippen molar-refractivity contribution < 1.29 is 22.5 Å². The van der Waals surface area contributed by atoms with Gasteiger partial charge in [-0.2, -0.15) is 0 Å². The Bertz CT molecular complexity index is 976. The summed E-state index contributed by atoms with van der Waals surface area (Å²) in [5, 5.41) is 3.50. The highest BCUT2D eigenvalue weighted by atomic mass is 32.2. The molecule has 0 aliphatic heterocycles. The Hall–Kier alpha value is -2.68. The smallest absolute Gasteiger partial charge is 0.291 e. The molecule has 25 heavy (non-hydrogen) atoms. The van der Waals surface area contributed by atoms with Crippen LogP contribution in [0.1, 0.15) is 10.6 Å². The van der Waals surface area contributed by atoms with Crippen molar-refractivity contribution in [1.29, 1.82) is 0 Å². The van der Waals surface area contributed by atoms with Crippen molar-refractivity contribution in [2.45, 2.75) is 4.90 Å². The Labute approximate surface area is 144 Å². The summed E-state index contributed by atoms with van der Waals surface area (Å²) < 4.78 is 30.5. The third-order valence-corrected chi connectivity index (χ3v) is 5.35. The summed E-state index contributed by atoms with van der Waals surface area (Å²) in [4.78, 5) is 17.0. The highest BCUT2D eigenvalue weighted by Gasteiger charge is 2.20. The summed E-state index contributed by atoms with van der Waals surface area (Å²) in [5.74, 6) is -0.238. The molecule has 1 N–H and O–H groups in total. The summed E-state index contributed by atoms with van der Waals surface area (Å²) >= 11 is 0. The molecule has 2 aromatic carbocycles. The fourth-order valence-electron chi connectivity index (χ4n) is 2.24. The monoisotopic (exact) mass is 360 g/mol. The number of furan rings is 1. The van der Waals surface area contributed by atoms with Crippen LogP contribution in [-0.4, -0.2) is 33.0 Å². The minimum absolute atomic E-state index is 0.0542.